The molecule has 3 heteroatoms. The number of carbonyl (C=O) groups is 1. The summed E-state index contributed by atoms with van der Waals surface area (Å²) in [5.41, 5.74) is 5.66. The van der Waals surface area contributed by atoms with Gasteiger partial charge in [-0.05, 0) is 13.3 Å². The Balaban J connectivity index is 2.57. The molecule has 0 aromatic heterocycles. The molecule has 3 nitrogen and oxygen atoms in total. The van der Waals surface area contributed by atoms with Gasteiger partial charge >= 0.3 is 0 Å². The van der Waals surface area contributed by atoms with Gasteiger partial charge in [-0.25, -0.2) is 0 Å². The Hall–Kier alpha value is -0.570. The lowest BCUT2D eigenvalue weighted by atomic mass is 10.1. The van der Waals surface area contributed by atoms with Crippen LogP contribution in [0.15, 0.2) is 0 Å². The van der Waals surface area contributed by atoms with Crippen molar-refractivity contribution in [2.24, 2.45) is 5.73 Å². The molecule has 0 spiro atoms. The molecule has 0 bridgehead atoms. The van der Waals surface area contributed by atoms with E-state index in [0.29, 0.717) is 6.42 Å². The zero-order valence-electron chi connectivity index (χ0n) is 6.50. The number of amides is 1. The first-order valence-corrected chi connectivity index (χ1v) is 3.64. The average molecular weight is 142 g/mol. The van der Waals surface area contributed by atoms with Crippen molar-refractivity contribution in [2.75, 3.05) is 7.05 Å². The Labute approximate surface area is 61.2 Å². The summed E-state index contributed by atoms with van der Waals surface area (Å²) in [5.74, 6) is 0.224. The maximum atomic E-state index is 11.0. The van der Waals surface area contributed by atoms with Crippen molar-refractivity contribution in [3.63, 3.8) is 0 Å². The van der Waals surface area contributed by atoms with Crippen LogP contribution in [0.4, 0.5) is 0 Å². The van der Waals surface area contributed by atoms with E-state index in [1.54, 1.807) is 4.90 Å². The second-order valence-electron chi connectivity index (χ2n) is 2.97. The Kier molecular flexibility index (Phi) is 1.94. The molecule has 1 saturated heterocycles. The SMILES string of the molecule is CC(N)C1CCC(=O)N1C. The van der Waals surface area contributed by atoms with Crippen LogP contribution in [-0.2, 0) is 4.79 Å². The largest absolute Gasteiger partial charge is 0.341 e. The van der Waals surface area contributed by atoms with Gasteiger partial charge in [-0.2, -0.15) is 0 Å². The maximum Gasteiger partial charge on any atom is 0.222 e. The Bertz CT molecular complexity index is 145. The molecule has 2 N–H and O–H groups in total. The van der Waals surface area contributed by atoms with Gasteiger partial charge in [0.05, 0.1) is 0 Å². The van der Waals surface area contributed by atoms with Crippen molar-refractivity contribution in [3.05, 3.63) is 0 Å². The minimum absolute atomic E-state index is 0.108. The molecule has 1 heterocycles. The fourth-order valence-corrected chi connectivity index (χ4v) is 1.44. The number of nitrogens with two attached hydrogens (primary N) is 1. The Morgan fingerprint density at radius 3 is 2.60 bits per heavy atom. The van der Waals surface area contributed by atoms with Gasteiger partial charge in [-0.3, -0.25) is 4.79 Å². The molecule has 1 fully saturated rings. The second kappa shape index (κ2) is 2.58. The molecule has 1 rings (SSSR count). The van der Waals surface area contributed by atoms with Crippen molar-refractivity contribution >= 4 is 5.91 Å². The van der Waals surface area contributed by atoms with Crippen LogP contribution in [0.25, 0.3) is 0 Å². The van der Waals surface area contributed by atoms with Crippen molar-refractivity contribution in [3.8, 4) is 0 Å². The summed E-state index contributed by atoms with van der Waals surface area (Å²) in [4.78, 5) is 12.7. The molecule has 1 aliphatic heterocycles. The van der Waals surface area contributed by atoms with E-state index >= 15 is 0 Å². The van der Waals surface area contributed by atoms with Crippen molar-refractivity contribution in [2.45, 2.75) is 31.8 Å². The summed E-state index contributed by atoms with van der Waals surface area (Å²) < 4.78 is 0. The topological polar surface area (TPSA) is 46.3 Å². The molecule has 2 atom stereocenters. The van der Waals surface area contributed by atoms with Crippen LogP contribution >= 0.6 is 0 Å². The minimum atomic E-state index is 0.108. The van der Waals surface area contributed by atoms with Crippen LogP contribution in [-0.4, -0.2) is 29.9 Å². The van der Waals surface area contributed by atoms with Gasteiger partial charge in [0.2, 0.25) is 5.91 Å². The Morgan fingerprint density at radius 2 is 2.40 bits per heavy atom. The summed E-state index contributed by atoms with van der Waals surface area (Å²) in [5, 5.41) is 0. The standard InChI is InChI=1S/C7H14N2O/c1-5(8)6-3-4-7(10)9(6)2/h5-6H,3-4,8H2,1-2H3. The molecule has 0 aliphatic carbocycles. The third-order valence-electron chi connectivity index (χ3n) is 2.15. The first-order valence-electron chi connectivity index (χ1n) is 3.64. The number of rotatable bonds is 1. The molecule has 10 heavy (non-hydrogen) atoms. The van der Waals surface area contributed by atoms with E-state index in [1.807, 2.05) is 14.0 Å². The smallest absolute Gasteiger partial charge is 0.222 e. The second-order valence-corrected chi connectivity index (χ2v) is 2.97. The van der Waals surface area contributed by atoms with E-state index < -0.39 is 0 Å². The van der Waals surface area contributed by atoms with Crippen molar-refractivity contribution in [1.29, 1.82) is 0 Å². The van der Waals surface area contributed by atoms with Gasteiger partial charge in [0, 0.05) is 25.6 Å². The molecule has 58 valence electrons. The molecule has 1 amide bonds. The number of likely N-dealkylation sites (N-methyl/N-ethyl adjacent to an activating group) is 1. The quantitative estimate of drug-likeness (QED) is 0.558. The molecular weight excluding hydrogens is 128 g/mol. The highest BCUT2D eigenvalue weighted by atomic mass is 16.2. The van der Waals surface area contributed by atoms with E-state index in [2.05, 4.69) is 0 Å². The lowest BCUT2D eigenvalue weighted by molar-refractivity contribution is -0.127. The minimum Gasteiger partial charge on any atom is -0.341 e. The summed E-state index contributed by atoms with van der Waals surface area (Å²) in [6, 6.07) is 0.379. The summed E-state index contributed by atoms with van der Waals surface area (Å²) in [6.45, 7) is 1.94. The first-order chi connectivity index (χ1) is 4.63. The molecule has 2 unspecified atom stereocenters. The van der Waals surface area contributed by atoms with Crippen LogP contribution in [0.2, 0.25) is 0 Å². The number of hydrogen-bond donors (Lipinski definition) is 1. The first kappa shape index (κ1) is 7.54. The van der Waals surface area contributed by atoms with Crippen LogP contribution in [0.5, 0.6) is 0 Å². The van der Waals surface area contributed by atoms with Crippen LogP contribution in [0.3, 0.4) is 0 Å². The fourth-order valence-electron chi connectivity index (χ4n) is 1.44. The normalized spacial score (nSPS) is 29.3. The molecular formula is C7H14N2O. The highest BCUT2D eigenvalue weighted by Crippen LogP contribution is 2.17. The highest BCUT2D eigenvalue weighted by Gasteiger charge is 2.29. The zero-order chi connectivity index (χ0) is 7.72. The van der Waals surface area contributed by atoms with Crippen LogP contribution in [0, 0.1) is 0 Å². The maximum absolute atomic E-state index is 11.0. The third kappa shape index (κ3) is 1.14. The predicted octanol–water partition coefficient (Wildman–Crippen LogP) is -0.0456. The van der Waals surface area contributed by atoms with Crippen molar-refractivity contribution in [1.82, 2.24) is 4.90 Å². The Morgan fingerprint density at radius 1 is 1.80 bits per heavy atom. The summed E-state index contributed by atoms with van der Waals surface area (Å²) in [7, 11) is 1.82. The molecule has 0 saturated carbocycles. The van der Waals surface area contributed by atoms with Gasteiger partial charge in [0.25, 0.3) is 0 Å². The van der Waals surface area contributed by atoms with E-state index in [-0.39, 0.29) is 18.0 Å². The van der Waals surface area contributed by atoms with Gasteiger partial charge < -0.3 is 10.6 Å². The van der Waals surface area contributed by atoms with E-state index in [0.717, 1.165) is 6.42 Å². The third-order valence-corrected chi connectivity index (χ3v) is 2.15. The monoisotopic (exact) mass is 142 g/mol. The van der Waals surface area contributed by atoms with Gasteiger partial charge in [-0.15, -0.1) is 0 Å². The zero-order valence-corrected chi connectivity index (χ0v) is 6.50. The lowest BCUT2D eigenvalue weighted by Gasteiger charge is -2.22. The van der Waals surface area contributed by atoms with Crippen LogP contribution in [0.1, 0.15) is 19.8 Å². The van der Waals surface area contributed by atoms with Gasteiger partial charge in [-0.1, -0.05) is 0 Å². The predicted molar refractivity (Wildman–Crippen MR) is 39.4 cm³/mol. The van der Waals surface area contributed by atoms with Gasteiger partial charge in [0.1, 0.15) is 0 Å². The fraction of sp³-hybridized carbons (Fsp3) is 0.857. The van der Waals surface area contributed by atoms with E-state index in [4.69, 9.17) is 5.73 Å². The van der Waals surface area contributed by atoms with Crippen LogP contribution < -0.4 is 5.73 Å². The van der Waals surface area contributed by atoms with E-state index in [1.165, 1.54) is 0 Å². The summed E-state index contributed by atoms with van der Waals surface area (Å²) in [6.07, 6.45) is 1.59. The van der Waals surface area contributed by atoms with Gasteiger partial charge in [0.15, 0.2) is 0 Å². The number of hydrogen-bond acceptors (Lipinski definition) is 2. The molecule has 0 aromatic carbocycles. The number of likely N-dealkylation sites (tertiary alicyclic amines) is 1. The summed E-state index contributed by atoms with van der Waals surface area (Å²) >= 11 is 0. The highest BCUT2D eigenvalue weighted by molar-refractivity contribution is 5.78. The molecule has 0 aromatic rings. The van der Waals surface area contributed by atoms with E-state index in [9.17, 15) is 4.79 Å². The van der Waals surface area contributed by atoms with Crippen molar-refractivity contribution < 1.29 is 4.79 Å². The number of carbonyl (C=O) groups excluding carboxylic acids is 1. The number of nitrogens with zero attached hydrogens (tertiary/aromatic N) is 1. The molecule has 0 radical (unpaired) electrons. The average Bonchev–Trinajstić information content (AvgIpc) is 2.14. The lowest BCUT2D eigenvalue weighted by Crippen LogP contribution is -2.41. The molecule has 1 aliphatic rings.